The van der Waals surface area contributed by atoms with Gasteiger partial charge in [-0.3, -0.25) is 0 Å². The van der Waals surface area contributed by atoms with Crippen molar-refractivity contribution >= 4 is 65.2 Å². The molecule has 0 radical (unpaired) electrons. The Kier molecular flexibility index (Phi) is 15.2. The van der Waals surface area contributed by atoms with Gasteiger partial charge in [0.1, 0.15) is 0 Å². The molecule has 0 aromatic carbocycles. The summed E-state index contributed by atoms with van der Waals surface area (Å²) in [5, 5.41) is 0. The Morgan fingerprint density at radius 3 is 1.19 bits per heavy atom. The standard InChI is InChI=1S/C24H36O2S2.6CH3.2Sn/c1-3-5-7-9-11-13-17-25-21-15-19-27-23(21)24-22(16-20-28-24)26-18-14-12-10-8-6-4-2;;;;;;;;/h15-16H,3-14,17-18H2,1-2H3;6*1H3;;. The Bertz CT molecular complexity index is 802. The molecule has 0 spiro atoms. The Morgan fingerprint density at radius 2 is 0.861 bits per heavy atom. The predicted octanol–water partition coefficient (Wildman–Crippen LogP) is 10.0. The van der Waals surface area contributed by atoms with Gasteiger partial charge in [-0.05, 0) is 0 Å². The van der Waals surface area contributed by atoms with E-state index in [0.29, 0.717) is 0 Å². The molecule has 0 amide bonds. The van der Waals surface area contributed by atoms with E-state index in [9.17, 15) is 0 Å². The van der Waals surface area contributed by atoms with Crippen LogP contribution in [0.3, 0.4) is 0 Å². The van der Waals surface area contributed by atoms with E-state index in [-0.39, 0.29) is 0 Å². The van der Waals surface area contributed by atoms with Crippen LogP contribution in [0.4, 0.5) is 0 Å². The van der Waals surface area contributed by atoms with Crippen LogP contribution in [0.5, 0.6) is 11.5 Å². The first-order valence-electron chi connectivity index (χ1n) is 14.6. The number of ether oxygens (including phenoxy) is 2. The molecule has 2 aromatic heterocycles. The number of hydrogen-bond donors (Lipinski definition) is 0. The number of thiophene rings is 2. The van der Waals surface area contributed by atoms with Crippen molar-refractivity contribution in [3.8, 4) is 21.3 Å². The second kappa shape index (κ2) is 16.6. The molecule has 0 saturated carbocycles. The van der Waals surface area contributed by atoms with Crippen molar-refractivity contribution < 1.29 is 9.47 Å². The summed E-state index contributed by atoms with van der Waals surface area (Å²) in [6.07, 6.45) is 15.6. The molecule has 2 heterocycles. The molecule has 0 bridgehead atoms. The first-order valence-corrected chi connectivity index (χ1v) is 36.2. The van der Waals surface area contributed by atoms with Crippen molar-refractivity contribution in [1.82, 2.24) is 0 Å². The fourth-order valence-electron chi connectivity index (χ4n) is 4.15. The average Bonchev–Trinajstić information content (AvgIpc) is 3.42. The average molecular weight is 748 g/mol. The first kappa shape index (κ1) is 32.8. The summed E-state index contributed by atoms with van der Waals surface area (Å²) < 4.78 is 16.2. The second-order valence-corrected chi connectivity index (χ2v) is 45.3. The van der Waals surface area contributed by atoms with Gasteiger partial charge in [-0.2, -0.15) is 0 Å². The predicted molar refractivity (Wildman–Crippen MR) is 171 cm³/mol. The van der Waals surface area contributed by atoms with E-state index in [1.54, 1.807) is 5.79 Å². The van der Waals surface area contributed by atoms with Gasteiger partial charge in [-0.25, -0.2) is 0 Å². The molecule has 0 atom stereocenters. The van der Waals surface area contributed by atoms with Crippen molar-refractivity contribution in [2.75, 3.05) is 13.2 Å². The zero-order chi connectivity index (χ0) is 26.6. The third-order valence-corrected chi connectivity index (χ3v) is 27.8. The third-order valence-electron chi connectivity index (χ3n) is 6.59. The monoisotopic (exact) mass is 750 g/mol. The first-order chi connectivity index (χ1) is 17.1. The van der Waals surface area contributed by atoms with Gasteiger partial charge in [-0.1, -0.05) is 0 Å². The minimum atomic E-state index is -2.21. The topological polar surface area (TPSA) is 18.5 Å². The van der Waals surface area contributed by atoms with Gasteiger partial charge in [-0.15, -0.1) is 0 Å². The molecular weight excluding hydrogens is 694 g/mol. The minimum absolute atomic E-state index is 0.833. The van der Waals surface area contributed by atoms with Crippen LogP contribution in [0.15, 0.2) is 12.1 Å². The molecule has 0 N–H and O–H groups in total. The molecular formula is C30H54O2S2Sn2. The summed E-state index contributed by atoms with van der Waals surface area (Å²) in [7, 11) is 0. The fourth-order valence-corrected chi connectivity index (χ4v) is 16.8. The van der Waals surface area contributed by atoms with Crippen LogP contribution in [-0.4, -0.2) is 50.0 Å². The van der Waals surface area contributed by atoms with Crippen molar-refractivity contribution in [1.29, 1.82) is 0 Å². The number of rotatable bonds is 19. The molecule has 6 heteroatoms. The zero-order valence-corrected chi connectivity index (χ0v) is 32.0. The van der Waals surface area contributed by atoms with E-state index < -0.39 is 36.8 Å². The van der Waals surface area contributed by atoms with Crippen LogP contribution < -0.4 is 15.3 Å². The molecule has 0 fully saturated rings. The maximum absolute atomic E-state index is 6.52. The summed E-state index contributed by atoms with van der Waals surface area (Å²) >= 11 is -0.413. The van der Waals surface area contributed by atoms with Crippen LogP contribution in [0.1, 0.15) is 90.9 Å². The van der Waals surface area contributed by atoms with Crippen molar-refractivity contribution in [3.05, 3.63) is 12.1 Å². The Morgan fingerprint density at radius 1 is 0.528 bits per heavy atom. The second-order valence-electron chi connectivity index (χ2n) is 12.3. The number of hydrogen-bond acceptors (Lipinski definition) is 4. The van der Waals surface area contributed by atoms with E-state index in [4.69, 9.17) is 9.47 Å². The third kappa shape index (κ3) is 11.4. The van der Waals surface area contributed by atoms with Gasteiger partial charge in [0.25, 0.3) is 0 Å². The van der Waals surface area contributed by atoms with E-state index in [2.05, 4.69) is 55.6 Å². The van der Waals surface area contributed by atoms with Crippen LogP contribution in [0.2, 0.25) is 29.6 Å². The Labute approximate surface area is 239 Å². The fraction of sp³-hybridized carbons (Fsp3) is 0.733. The normalized spacial score (nSPS) is 12.3. The van der Waals surface area contributed by atoms with Gasteiger partial charge in [0, 0.05) is 0 Å². The maximum atomic E-state index is 6.52. The summed E-state index contributed by atoms with van der Waals surface area (Å²) in [6.45, 7) is 6.23. The molecule has 206 valence electrons. The Hall–Kier alpha value is 0.597. The van der Waals surface area contributed by atoms with Crippen LogP contribution in [0, 0.1) is 0 Å². The van der Waals surface area contributed by atoms with E-state index in [1.165, 1.54) is 74.0 Å². The molecule has 2 aromatic rings. The molecule has 0 aliphatic heterocycles. The summed E-state index contributed by atoms with van der Waals surface area (Å²) in [6, 6.07) is 4.81. The van der Waals surface area contributed by atoms with Gasteiger partial charge in [0.05, 0.1) is 0 Å². The van der Waals surface area contributed by atoms with Gasteiger partial charge < -0.3 is 0 Å². The van der Waals surface area contributed by atoms with E-state index in [0.717, 1.165) is 37.6 Å². The van der Waals surface area contributed by atoms with Gasteiger partial charge in [0.2, 0.25) is 0 Å². The molecule has 0 aliphatic carbocycles. The number of unbranched alkanes of at least 4 members (excludes halogenated alkanes) is 10. The van der Waals surface area contributed by atoms with Crippen LogP contribution in [0.25, 0.3) is 9.75 Å². The summed E-state index contributed by atoms with van der Waals surface area (Å²) in [4.78, 5) is 17.8. The van der Waals surface area contributed by atoms with Crippen molar-refractivity contribution in [2.45, 2.75) is 121 Å². The molecule has 0 unspecified atom stereocenters. The van der Waals surface area contributed by atoms with Crippen molar-refractivity contribution in [2.24, 2.45) is 0 Å². The van der Waals surface area contributed by atoms with Gasteiger partial charge in [0.15, 0.2) is 0 Å². The summed E-state index contributed by atoms with van der Waals surface area (Å²) in [5.41, 5.74) is 0. The molecule has 2 nitrogen and oxygen atoms in total. The van der Waals surface area contributed by atoms with Crippen LogP contribution >= 0.6 is 22.7 Å². The molecule has 0 aliphatic rings. The molecule has 2 rings (SSSR count). The van der Waals surface area contributed by atoms with Crippen molar-refractivity contribution in [3.63, 3.8) is 0 Å². The van der Waals surface area contributed by atoms with E-state index in [1.807, 2.05) is 22.7 Å². The summed E-state index contributed by atoms with van der Waals surface area (Å²) in [5.74, 6) is 2.24. The quantitative estimate of drug-likeness (QED) is 0.105. The van der Waals surface area contributed by atoms with E-state index >= 15 is 0 Å². The molecule has 0 saturated heterocycles. The van der Waals surface area contributed by atoms with Crippen LogP contribution in [-0.2, 0) is 0 Å². The van der Waals surface area contributed by atoms with Gasteiger partial charge >= 0.3 is 242 Å². The Balaban J connectivity index is 2.19. The zero-order valence-electron chi connectivity index (χ0n) is 24.7. The SMILES string of the molecule is CCCCCCCCOc1c[c]([Sn]([CH3])([CH3])[CH3])sc1-c1s[c]([Sn]([CH3])([CH3])[CH3])cc1OCCCCCCCC. The molecule has 36 heavy (non-hydrogen) atoms.